The normalized spacial score (nSPS) is 17.3. The van der Waals surface area contributed by atoms with Crippen LogP contribution in [0.5, 0.6) is 11.5 Å². The molecule has 0 N–H and O–H groups in total. The first-order valence-electron chi connectivity index (χ1n) is 18.6. The summed E-state index contributed by atoms with van der Waals surface area (Å²) in [4.78, 5) is 32.7. The molecule has 0 saturated carbocycles. The first-order chi connectivity index (χ1) is 22.6. The highest BCUT2D eigenvalue weighted by atomic mass is 16.5. The fourth-order valence-corrected chi connectivity index (χ4v) is 6.87. The second-order valence-corrected chi connectivity index (χ2v) is 13.6. The SMILES string of the molecule is CCCCOc1ccc(C(=O)C(CCCCC(CN2CCCCC2)C(=O)c2ccc(OCCCC)cc2)CN2CCCCC2)cc1. The average molecular weight is 633 g/mol. The number of ketones is 2. The second-order valence-electron chi connectivity index (χ2n) is 13.6. The van der Waals surface area contributed by atoms with Gasteiger partial charge >= 0.3 is 0 Å². The second kappa shape index (κ2) is 20.5. The number of benzene rings is 2. The molecule has 2 aromatic carbocycles. The summed E-state index contributed by atoms with van der Waals surface area (Å²) in [6, 6.07) is 15.6. The number of likely N-dealkylation sites (tertiary alicyclic amines) is 2. The summed E-state index contributed by atoms with van der Waals surface area (Å²) < 4.78 is 11.7. The van der Waals surface area contributed by atoms with Crippen molar-refractivity contribution in [3.63, 3.8) is 0 Å². The maximum Gasteiger partial charge on any atom is 0.167 e. The Morgan fingerprint density at radius 2 is 0.935 bits per heavy atom. The number of nitrogens with zero attached hydrogens (tertiary/aromatic N) is 2. The predicted molar refractivity (Wildman–Crippen MR) is 188 cm³/mol. The van der Waals surface area contributed by atoms with Crippen molar-refractivity contribution in [2.45, 2.75) is 104 Å². The van der Waals surface area contributed by atoms with Crippen LogP contribution in [0.3, 0.4) is 0 Å². The van der Waals surface area contributed by atoms with E-state index in [1.54, 1.807) is 0 Å². The van der Waals surface area contributed by atoms with Gasteiger partial charge in [0, 0.05) is 36.1 Å². The molecule has 2 aromatic rings. The molecule has 0 spiro atoms. The molecule has 6 heteroatoms. The predicted octanol–water partition coefficient (Wildman–Crippen LogP) is 8.87. The van der Waals surface area contributed by atoms with Gasteiger partial charge in [-0.15, -0.1) is 0 Å². The van der Waals surface area contributed by atoms with E-state index in [2.05, 4.69) is 23.6 Å². The van der Waals surface area contributed by atoms with Gasteiger partial charge in [-0.3, -0.25) is 9.59 Å². The number of hydrogen-bond acceptors (Lipinski definition) is 6. The van der Waals surface area contributed by atoms with Crippen LogP contribution in [0, 0.1) is 11.8 Å². The number of carbonyl (C=O) groups excluding carboxylic acids is 2. The number of piperidine rings is 2. The summed E-state index contributed by atoms with van der Waals surface area (Å²) >= 11 is 0. The number of unbranched alkanes of at least 4 members (excludes halogenated alkanes) is 3. The number of rotatable bonds is 21. The molecule has 2 fully saturated rings. The Balaban J connectivity index is 1.37. The molecular formula is C40H60N2O4. The van der Waals surface area contributed by atoms with E-state index in [-0.39, 0.29) is 23.4 Å². The Kier molecular flexibility index (Phi) is 16.1. The molecular weight excluding hydrogens is 572 g/mol. The van der Waals surface area contributed by atoms with Crippen molar-refractivity contribution < 1.29 is 19.1 Å². The Labute approximate surface area is 279 Å². The Morgan fingerprint density at radius 1 is 0.565 bits per heavy atom. The van der Waals surface area contributed by atoms with Crippen molar-refractivity contribution in [3.8, 4) is 11.5 Å². The lowest BCUT2D eigenvalue weighted by Crippen LogP contribution is -2.37. The molecule has 2 aliphatic rings. The van der Waals surface area contributed by atoms with E-state index in [1.807, 2.05) is 48.5 Å². The van der Waals surface area contributed by atoms with Crippen molar-refractivity contribution in [3.05, 3.63) is 59.7 Å². The van der Waals surface area contributed by atoms with Crippen molar-refractivity contribution >= 4 is 11.6 Å². The molecule has 0 aliphatic carbocycles. The van der Waals surface area contributed by atoms with Crippen LogP contribution in [0.2, 0.25) is 0 Å². The number of ether oxygens (including phenoxy) is 2. The molecule has 2 heterocycles. The topological polar surface area (TPSA) is 59.1 Å². The lowest BCUT2D eigenvalue weighted by Gasteiger charge is -2.31. The lowest BCUT2D eigenvalue weighted by atomic mass is 9.88. The largest absolute Gasteiger partial charge is 0.494 e. The Morgan fingerprint density at radius 3 is 1.28 bits per heavy atom. The van der Waals surface area contributed by atoms with E-state index < -0.39 is 0 Å². The fraction of sp³-hybridized carbons (Fsp3) is 0.650. The van der Waals surface area contributed by atoms with Gasteiger partial charge in [0.1, 0.15) is 11.5 Å². The molecule has 0 bridgehead atoms. The first-order valence-corrected chi connectivity index (χ1v) is 18.6. The minimum Gasteiger partial charge on any atom is -0.494 e. The van der Waals surface area contributed by atoms with Gasteiger partial charge in [-0.2, -0.15) is 0 Å². The molecule has 0 radical (unpaired) electrons. The lowest BCUT2D eigenvalue weighted by molar-refractivity contribution is 0.0833. The highest BCUT2D eigenvalue weighted by molar-refractivity contribution is 5.98. The summed E-state index contributed by atoms with van der Waals surface area (Å²) in [6.45, 7) is 11.7. The van der Waals surface area contributed by atoms with Crippen LogP contribution < -0.4 is 9.47 Å². The van der Waals surface area contributed by atoms with E-state index >= 15 is 0 Å². The fourth-order valence-electron chi connectivity index (χ4n) is 6.87. The van der Waals surface area contributed by atoms with Crippen LogP contribution >= 0.6 is 0 Å². The van der Waals surface area contributed by atoms with Gasteiger partial charge in [0.05, 0.1) is 13.2 Å². The minimum atomic E-state index is -0.0264. The summed E-state index contributed by atoms with van der Waals surface area (Å²) in [5, 5.41) is 0. The summed E-state index contributed by atoms with van der Waals surface area (Å²) in [7, 11) is 0. The molecule has 46 heavy (non-hydrogen) atoms. The van der Waals surface area contributed by atoms with Crippen molar-refractivity contribution in [1.82, 2.24) is 9.80 Å². The van der Waals surface area contributed by atoms with Crippen LogP contribution in [0.4, 0.5) is 0 Å². The van der Waals surface area contributed by atoms with Crippen LogP contribution in [0.1, 0.15) is 124 Å². The summed E-state index contributed by atoms with van der Waals surface area (Å²) in [6.07, 6.45) is 15.3. The highest BCUT2D eigenvalue weighted by Crippen LogP contribution is 2.25. The molecule has 2 atom stereocenters. The van der Waals surface area contributed by atoms with Gasteiger partial charge in [0.2, 0.25) is 0 Å². The van der Waals surface area contributed by atoms with E-state index in [1.165, 1.54) is 38.5 Å². The van der Waals surface area contributed by atoms with E-state index in [0.29, 0.717) is 13.2 Å². The first kappa shape index (κ1) is 36.1. The van der Waals surface area contributed by atoms with Gasteiger partial charge in [0.15, 0.2) is 11.6 Å². The molecule has 0 amide bonds. The van der Waals surface area contributed by atoms with E-state index in [9.17, 15) is 9.59 Å². The monoisotopic (exact) mass is 632 g/mol. The van der Waals surface area contributed by atoms with Crippen molar-refractivity contribution in [1.29, 1.82) is 0 Å². The zero-order valence-electron chi connectivity index (χ0n) is 28.9. The number of hydrogen-bond donors (Lipinski definition) is 0. The third-order valence-corrected chi connectivity index (χ3v) is 9.76. The zero-order chi connectivity index (χ0) is 32.4. The van der Waals surface area contributed by atoms with Gasteiger partial charge in [-0.05, 0) is 126 Å². The van der Waals surface area contributed by atoms with Crippen molar-refractivity contribution in [2.24, 2.45) is 11.8 Å². The third kappa shape index (κ3) is 12.2. The third-order valence-electron chi connectivity index (χ3n) is 9.76. The van der Waals surface area contributed by atoms with Crippen LogP contribution in [0.15, 0.2) is 48.5 Å². The maximum atomic E-state index is 13.8. The zero-order valence-corrected chi connectivity index (χ0v) is 28.9. The molecule has 2 unspecified atom stereocenters. The minimum absolute atomic E-state index is 0.0264. The van der Waals surface area contributed by atoms with Crippen LogP contribution in [-0.4, -0.2) is 73.8 Å². The maximum absolute atomic E-state index is 13.8. The van der Waals surface area contributed by atoms with Gasteiger partial charge < -0.3 is 19.3 Å². The van der Waals surface area contributed by atoms with Gasteiger partial charge in [-0.1, -0.05) is 52.4 Å². The molecule has 2 saturated heterocycles. The number of Topliss-reactive ketones (excluding diaryl/α,β-unsaturated/α-hetero) is 2. The molecule has 254 valence electrons. The summed E-state index contributed by atoms with van der Waals surface area (Å²) in [5.41, 5.74) is 1.57. The Bertz CT molecular complexity index is 1050. The Hall–Kier alpha value is -2.70. The quantitative estimate of drug-likeness (QED) is 0.101. The molecule has 6 nitrogen and oxygen atoms in total. The van der Waals surface area contributed by atoms with E-state index in [0.717, 1.165) is 113 Å². The molecule has 4 rings (SSSR count). The van der Waals surface area contributed by atoms with Crippen LogP contribution in [-0.2, 0) is 0 Å². The van der Waals surface area contributed by atoms with Gasteiger partial charge in [0.25, 0.3) is 0 Å². The smallest absolute Gasteiger partial charge is 0.167 e. The molecule has 2 aliphatic heterocycles. The van der Waals surface area contributed by atoms with Gasteiger partial charge in [-0.25, -0.2) is 0 Å². The summed E-state index contributed by atoms with van der Waals surface area (Å²) in [5.74, 6) is 2.10. The van der Waals surface area contributed by atoms with Crippen LogP contribution in [0.25, 0.3) is 0 Å². The standard InChI is InChI=1S/C40H60N2O4/c1-3-5-29-45-37-21-17-33(18-22-37)39(43)35(31-41-25-11-7-12-26-41)15-9-10-16-36(32-42-27-13-8-14-28-42)40(44)34-19-23-38(24-20-34)46-30-6-4-2/h17-24,35-36H,3-16,25-32H2,1-2H3. The highest BCUT2D eigenvalue weighted by Gasteiger charge is 2.26. The average Bonchev–Trinajstić information content (AvgIpc) is 3.10. The van der Waals surface area contributed by atoms with E-state index in [4.69, 9.17) is 9.47 Å². The number of carbonyl (C=O) groups is 2. The molecule has 0 aromatic heterocycles. The van der Waals surface area contributed by atoms with Crippen molar-refractivity contribution in [2.75, 3.05) is 52.5 Å².